The van der Waals surface area contributed by atoms with Crippen LogP contribution in [0.1, 0.15) is 56.5 Å². The van der Waals surface area contributed by atoms with Crippen LogP contribution in [0, 0.1) is 5.92 Å². The van der Waals surface area contributed by atoms with Gasteiger partial charge in [-0.25, -0.2) is 0 Å². The molecule has 0 fully saturated rings. The third kappa shape index (κ3) is 5.27. The monoisotopic (exact) mass is 318 g/mol. The van der Waals surface area contributed by atoms with Crippen LogP contribution in [0.2, 0.25) is 0 Å². The van der Waals surface area contributed by atoms with Crippen molar-refractivity contribution >= 4 is 11.8 Å². The summed E-state index contributed by atoms with van der Waals surface area (Å²) in [6.07, 6.45) is 9.42. The molecule has 2 rings (SSSR count). The first-order chi connectivity index (χ1) is 11.1. The first kappa shape index (κ1) is 17.3. The van der Waals surface area contributed by atoms with Crippen LogP contribution in [-0.2, 0) is 4.79 Å². The van der Waals surface area contributed by atoms with Crippen LogP contribution < -0.4 is 10.6 Å². The van der Waals surface area contributed by atoms with Crippen molar-refractivity contribution < 1.29 is 14.0 Å². The topological polar surface area (TPSA) is 71.3 Å². The van der Waals surface area contributed by atoms with Gasteiger partial charge in [-0.15, -0.1) is 0 Å². The quantitative estimate of drug-likeness (QED) is 0.759. The predicted octanol–water partition coefficient (Wildman–Crippen LogP) is 3.04. The zero-order valence-electron chi connectivity index (χ0n) is 13.9. The molecule has 2 amide bonds. The third-order valence-electron chi connectivity index (χ3n) is 4.11. The molecule has 1 aliphatic rings. The summed E-state index contributed by atoms with van der Waals surface area (Å²) in [7, 11) is 0. The summed E-state index contributed by atoms with van der Waals surface area (Å²) < 4.78 is 5.06. The van der Waals surface area contributed by atoms with Crippen molar-refractivity contribution in [2.75, 3.05) is 6.54 Å². The molecule has 0 aromatic carbocycles. The highest BCUT2D eigenvalue weighted by Gasteiger charge is 2.25. The minimum atomic E-state index is -0.562. The molecule has 0 saturated heterocycles. The number of carbonyl (C=O) groups is 2. The Labute approximate surface area is 137 Å². The molecule has 1 heterocycles. The normalized spacial score (nSPS) is 15.9. The molecule has 0 aliphatic heterocycles. The van der Waals surface area contributed by atoms with Crippen molar-refractivity contribution in [3.8, 4) is 0 Å². The van der Waals surface area contributed by atoms with Gasteiger partial charge in [0.05, 0.1) is 6.26 Å². The predicted molar refractivity (Wildman–Crippen MR) is 89.0 cm³/mol. The van der Waals surface area contributed by atoms with Crippen molar-refractivity contribution in [1.29, 1.82) is 0 Å². The summed E-state index contributed by atoms with van der Waals surface area (Å²) in [5.74, 6) is -0.284. The molecule has 0 unspecified atom stereocenters. The van der Waals surface area contributed by atoms with Gasteiger partial charge < -0.3 is 15.1 Å². The molecule has 2 N–H and O–H groups in total. The molecule has 0 saturated carbocycles. The van der Waals surface area contributed by atoms with E-state index in [1.165, 1.54) is 24.7 Å². The van der Waals surface area contributed by atoms with E-state index < -0.39 is 6.04 Å². The lowest BCUT2D eigenvalue weighted by atomic mass is 9.97. The summed E-state index contributed by atoms with van der Waals surface area (Å²) >= 11 is 0. The van der Waals surface area contributed by atoms with Gasteiger partial charge in [0.2, 0.25) is 5.91 Å². The third-order valence-corrected chi connectivity index (χ3v) is 4.11. The number of nitrogens with one attached hydrogen (secondary N) is 2. The number of rotatable bonds is 7. The van der Waals surface area contributed by atoms with Crippen LogP contribution in [0.3, 0.4) is 0 Å². The van der Waals surface area contributed by atoms with E-state index in [-0.39, 0.29) is 23.5 Å². The second-order valence-electron chi connectivity index (χ2n) is 6.32. The Morgan fingerprint density at radius 3 is 2.74 bits per heavy atom. The molecule has 1 aromatic rings. The average molecular weight is 318 g/mol. The van der Waals surface area contributed by atoms with Gasteiger partial charge in [-0.3, -0.25) is 9.59 Å². The summed E-state index contributed by atoms with van der Waals surface area (Å²) in [5.41, 5.74) is 1.43. The fourth-order valence-corrected chi connectivity index (χ4v) is 2.74. The van der Waals surface area contributed by atoms with Crippen molar-refractivity contribution in [3.05, 3.63) is 35.8 Å². The largest absolute Gasteiger partial charge is 0.459 e. The Morgan fingerprint density at radius 2 is 2.13 bits per heavy atom. The summed E-state index contributed by atoms with van der Waals surface area (Å²) in [4.78, 5) is 24.4. The van der Waals surface area contributed by atoms with E-state index in [0.29, 0.717) is 6.54 Å². The maximum absolute atomic E-state index is 12.4. The molecule has 5 heteroatoms. The summed E-state index contributed by atoms with van der Waals surface area (Å²) in [5, 5.41) is 5.68. The molecule has 0 spiro atoms. The van der Waals surface area contributed by atoms with Gasteiger partial charge in [0.25, 0.3) is 5.91 Å². The second kappa shape index (κ2) is 8.56. The van der Waals surface area contributed by atoms with Gasteiger partial charge in [-0.2, -0.15) is 0 Å². The SMILES string of the molecule is CC(C)[C@@H](NC(=O)c1ccco1)C(=O)NCCC1=CCCCC1. The molecule has 1 atom stereocenters. The lowest BCUT2D eigenvalue weighted by Gasteiger charge is -2.21. The highest BCUT2D eigenvalue weighted by Crippen LogP contribution is 2.19. The Bertz CT molecular complexity index is 547. The van der Waals surface area contributed by atoms with Crippen molar-refractivity contribution in [2.24, 2.45) is 5.92 Å². The van der Waals surface area contributed by atoms with Gasteiger partial charge >= 0.3 is 0 Å². The number of hydrogen-bond acceptors (Lipinski definition) is 3. The molecular weight excluding hydrogens is 292 g/mol. The highest BCUT2D eigenvalue weighted by molar-refractivity contribution is 5.95. The lowest BCUT2D eigenvalue weighted by molar-refractivity contribution is -0.123. The number of carbonyl (C=O) groups excluding carboxylic acids is 2. The summed E-state index contributed by atoms with van der Waals surface area (Å²) in [6.45, 7) is 4.44. The zero-order valence-corrected chi connectivity index (χ0v) is 13.9. The Morgan fingerprint density at radius 1 is 1.30 bits per heavy atom. The van der Waals surface area contributed by atoms with E-state index in [1.807, 2.05) is 13.8 Å². The first-order valence-electron chi connectivity index (χ1n) is 8.38. The standard InChI is InChI=1S/C18H26N2O3/c1-13(2)16(20-17(21)15-9-6-12-23-15)18(22)19-11-10-14-7-4-3-5-8-14/h6-7,9,12-13,16H,3-5,8,10-11H2,1-2H3,(H,19,22)(H,20,21)/t16-/m1/s1. The molecule has 1 aromatic heterocycles. The molecule has 126 valence electrons. The first-order valence-corrected chi connectivity index (χ1v) is 8.38. The number of amides is 2. The van der Waals surface area contributed by atoms with Crippen LogP contribution in [0.4, 0.5) is 0 Å². The van der Waals surface area contributed by atoms with Crippen LogP contribution in [0.15, 0.2) is 34.5 Å². The smallest absolute Gasteiger partial charge is 0.287 e. The molecule has 1 aliphatic carbocycles. The second-order valence-corrected chi connectivity index (χ2v) is 6.32. The average Bonchev–Trinajstić information content (AvgIpc) is 3.07. The maximum atomic E-state index is 12.4. The van der Waals surface area contributed by atoms with E-state index >= 15 is 0 Å². The highest BCUT2D eigenvalue weighted by atomic mass is 16.3. The molecule has 23 heavy (non-hydrogen) atoms. The number of hydrogen-bond donors (Lipinski definition) is 2. The van der Waals surface area contributed by atoms with Crippen LogP contribution in [-0.4, -0.2) is 24.4 Å². The van der Waals surface area contributed by atoms with Crippen molar-refractivity contribution in [2.45, 2.75) is 52.0 Å². The number of furan rings is 1. The van der Waals surface area contributed by atoms with Gasteiger partial charge in [0, 0.05) is 6.54 Å². The van der Waals surface area contributed by atoms with E-state index in [0.717, 1.165) is 19.3 Å². The Hall–Kier alpha value is -2.04. The van der Waals surface area contributed by atoms with Gasteiger partial charge in [0.15, 0.2) is 5.76 Å². The summed E-state index contributed by atoms with van der Waals surface area (Å²) in [6, 6.07) is 2.67. The van der Waals surface area contributed by atoms with Crippen LogP contribution in [0.5, 0.6) is 0 Å². The zero-order chi connectivity index (χ0) is 16.7. The molecular formula is C18H26N2O3. The lowest BCUT2D eigenvalue weighted by Crippen LogP contribution is -2.49. The fraction of sp³-hybridized carbons (Fsp3) is 0.556. The van der Waals surface area contributed by atoms with Gasteiger partial charge in [-0.1, -0.05) is 25.5 Å². The maximum Gasteiger partial charge on any atom is 0.287 e. The van der Waals surface area contributed by atoms with E-state index in [1.54, 1.807) is 12.1 Å². The molecule has 0 radical (unpaired) electrons. The molecule has 5 nitrogen and oxygen atoms in total. The van der Waals surface area contributed by atoms with Gasteiger partial charge in [-0.05, 0) is 50.2 Å². The van der Waals surface area contributed by atoms with Crippen molar-refractivity contribution in [1.82, 2.24) is 10.6 Å². The fourth-order valence-electron chi connectivity index (χ4n) is 2.74. The van der Waals surface area contributed by atoms with E-state index in [2.05, 4.69) is 16.7 Å². The van der Waals surface area contributed by atoms with Crippen molar-refractivity contribution in [3.63, 3.8) is 0 Å². The van der Waals surface area contributed by atoms with Gasteiger partial charge in [0.1, 0.15) is 6.04 Å². The van der Waals surface area contributed by atoms with Crippen LogP contribution >= 0.6 is 0 Å². The van der Waals surface area contributed by atoms with Crippen LogP contribution in [0.25, 0.3) is 0 Å². The Kier molecular flexibility index (Phi) is 6.44. The van der Waals surface area contributed by atoms with E-state index in [9.17, 15) is 9.59 Å². The van der Waals surface area contributed by atoms with E-state index in [4.69, 9.17) is 4.42 Å². The number of allylic oxidation sites excluding steroid dienone is 1. The molecule has 0 bridgehead atoms. The Balaban J connectivity index is 1.83. The minimum absolute atomic E-state index is 0.00260. The minimum Gasteiger partial charge on any atom is -0.459 e.